The molecule has 5 heteroatoms. The fourth-order valence-corrected chi connectivity index (χ4v) is 2.43. The lowest BCUT2D eigenvalue weighted by molar-refractivity contribution is 0.309. The first kappa shape index (κ1) is 14.0. The normalized spacial score (nSPS) is 24.3. The number of aromatic nitrogens is 1. The highest BCUT2D eigenvalue weighted by molar-refractivity contribution is 5.97. The Kier molecular flexibility index (Phi) is 4.18. The van der Waals surface area contributed by atoms with Gasteiger partial charge >= 0.3 is 0 Å². The Hall–Kier alpha value is -1.91. The summed E-state index contributed by atoms with van der Waals surface area (Å²) in [6.45, 7) is 5.50. The minimum absolute atomic E-state index is 0.198. The quantitative estimate of drug-likeness (QED) is 0.836. The average molecular weight is 287 g/mol. The summed E-state index contributed by atoms with van der Waals surface area (Å²) in [7, 11) is 0. The summed E-state index contributed by atoms with van der Waals surface area (Å²) in [6, 6.07) is 6.24. The minimum Gasteiger partial charge on any atom is -0.474 e. The van der Waals surface area contributed by atoms with Crippen LogP contribution in [0.2, 0.25) is 0 Å². The summed E-state index contributed by atoms with van der Waals surface area (Å²) < 4.78 is 11.2. The number of hydrogen-bond donors (Lipinski definition) is 0. The summed E-state index contributed by atoms with van der Waals surface area (Å²) in [5.41, 5.74) is 1.51. The second-order valence-corrected chi connectivity index (χ2v) is 5.54. The Labute approximate surface area is 125 Å². The molecule has 0 unspecified atom stereocenters. The van der Waals surface area contributed by atoms with Gasteiger partial charge in [0.15, 0.2) is 0 Å². The van der Waals surface area contributed by atoms with Crippen molar-refractivity contribution in [3.63, 3.8) is 0 Å². The van der Waals surface area contributed by atoms with E-state index in [1.54, 1.807) is 0 Å². The molecule has 3 heterocycles. The van der Waals surface area contributed by atoms with E-state index in [4.69, 9.17) is 9.47 Å². The highest BCUT2D eigenvalue weighted by Crippen LogP contribution is 2.16. The van der Waals surface area contributed by atoms with E-state index in [1.807, 2.05) is 25.1 Å². The molecule has 112 valence electrons. The fourth-order valence-electron chi connectivity index (χ4n) is 2.43. The second-order valence-electron chi connectivity index (χ2n) is 5.54. The van der Waals surface area contributed by atoms with Gasteiger partial charge in [0.25, 0.3) is 0 Å². The van der Waals surface area contributed by atoms with Crippen molar-refractivity contribution in [3.05, 3.63) is 29.6 Å². The third-order valence-corrected chi connectivity index (χ3v) is 3.59. The first-order valence-corrected chi connectivity index (χ1v) is 7.65. The van der Waals surface area contributed by atoms with Gasteiger partial charge in [-0.1, -0.05) is 25.8 Å². The van der Waals surface area contributed by atoms with E-state index in [0.717, 1.165) is 17.8 Å². The van der Waals surface area contributed by atoms with Crippen molar-refractivity contribution in [1.29, 1.82) is 0 Å². The van der Waals surface area contributed by atoms with Crippen LogP contribution in [0.3, 0.4) is 0 Å². The van der Waals surface area contributed by atoms with Gasteiger partial charge in [0.05, 0.1) is 12.1 Å². The number of rotatable bonds is 5. The minimum atomic E-state index is 0.198. The Morgan fingerprint density at radius 2 is 1.81 bits per heavy atom. The number of pyridine rings is 1. The molecule has 0 N–H and O–H groups in total. The number of hydrogen-bond acceptors (Lipinski definition) is 5. The largest absolute Gasteiger partial charge is 0.474 e. The Morgan fingerprint density at radius 3 is 2.48 bits per heavy atom. The molecule has 2 aliphatic heterocycles. The first-order chi connectivity index (χ1) is 10.3. The van der Waals surface area contributed by atoms with Gasteiger partial charge in [-0.25, -0.2) is 15.0 Å². The number of nitrogens with zero attached hydrogens (tertiary/aromatic N) is 3. The van der Waals surface area contributed by atoms with Gasteiger partial charge in [0.1, 0.15) is 24.6 Å². The lowest BCUT2D eigenvalue weighted by Crippen LogP contribution is -2.10. The van der Waals surface area contributed by atoms with E-state index >= 15 is 0 Å². The highest BCUT2D eigenvalue weighted by atomic mass is 16.5. The predicted molar refractivity (Wildman–Crippen MR) is 82.0 cm³/mol. The van der Waals surface area contributed by atoms with Crippen LogP contribution in [-0.4, -0.2) is 42.1 Å². The van der Waals surface area contributed by atoms with Crippen molar-refractivity contribution in [2.24, 2.45) is 9.98 Å². The molecule has 0 bridgehead atoms. The number of ether oxygens (including phenoxy) is 2. The Morgan fingerprint density at radius 1 is 1.10 bits per heavy atom. The van der Waals surface area contributed by atoms with E-state index in [9.17, 15) is 0 Å². The number of aliphatic imine (C=N–C) groups is 2. The first-order valence-electron chi connectivity index (χ1n) is 7.65. The lowest BCUT2D eigenvalue weighted by atomic mass is 10.1. The van der Waals surface area contributed by atoms with Gasteiger partial charge in [-0.2, -0.15) is 0 Å². The van der Waals surface area contributed by atoms with Crippen molar-refractivity contribution < 1.29 is 9.47 Å². The molecule has 1 aromatic heterocycles. The zero-order valence-electron chi connectivity index (χ0n) is 12.6. The van der Waals surface area contributed by atoms with Crippen molar-refractivity contribution in [1.82, 2.24) is 4.98 Å². The van der Waals surface area contributed by atoms with E-state index in [-0.39, 0.29) is 12.1 Å². The van der Waals surface area contributed by atoms with Crippen LogP contribution in [0, 0.1) is 0 Å². The maximum atomic E-state index is 5.69. The maximum Gasteiger partial charge on any atom is 0.235 e. The van der Waals surface area contributed by atoms with Crippen LogP contribution in [0.5, 0.6) is 0 Å². The van der Waals surface area contributed by atoms with Crippen molar-refractivity contribution in [3.8, 4) is 0 Å². The van der Waals surface area contributed by atoms with Crippen LogP contribution in [0.1, 0.15) is 44.5 Å². The van der Waals surface area contributed by atoms with Gasteiger partial charge in [0, 0.05) is 0 Å². The molecule has 0 spiro atoms. The monoisotopic (exact) mass is 287 g/mol. The van der Waals surface area contributed by atoms with Crippen LogP contribution in [-0.2, 0) is 9.47 Å². The fraction of sp³-hybridized carbons (Fsp3) is 0.562. The SMILES string of the molecule is CCCC[C@H]1COC(c2cccc(C3=N[C@@H](C)CO3)n2)=N1. The van der Waals surface area contributed by atoms with Gasteiger partial charge in [-0.15, -0.1) is 0 Å². The summed E-state index contributed by atoms with van der Waals surface area (Å²) in [5.74, 6) is 1.26. The van der Waals surface area contributed by atoms with E-state index < -0.39 is 0 Å². The van der Waals surface area contributed by atoms with Crippen LogP contribution < -0.4 is 0 Å². The molecule has 0 saturated carbocycles. The molecule has 21 heavy (non-hydrogen) atoms. The highest BCUT2D eigenvalue weighted by Gasteiger charge is 2.22. The number of unbranched alkanes of at least 4 members (excludes halogenated alkanes) is 1. The smallest absolute Gasteiger partial charge is 0.235 e. The Balaban J connectivity index is 1.76. The summed E-state index contributed by atoms with van der Waals surface area (Å²) in [4.78, 5) is 13.6. The van der Waals surface area contributed by atoms with Crippen LogP contribution >= 0.6 is 0 Å². The third-order valence-electron chi connectivity index (χ3n) is 3.59. The molecule has 0 saturated heterocycles. The molecular formula is C16H21N3O2. The van der Waals surface area contributed by atoms with E-state index in [1.165, 1.54) is 12.8 Å². The van der Waals surface area contributed by atoms with Crippen molar-refractivity contribution >= 4 is 11.8 Å². The molecule has 0 aliphatic carbocycles. The van der Waals surface area contributed by atoms with Crippen LogP contribution in [0.25, 0.3) is 0 Å². The van der Waals surface area contributed by atoms with Gasteiger partial charge < -0.3 is 9.47 Å². The molecule has 2 atom stereocenters. The summed E-state index contributed by atoms with van der Waals surface area (Å²) in [6.07, 6.45) is 3.44. The zero-order chi connectivity index (χ0) is 14.7. The van der Waals surface area contributed by atoms with Crippen LogP contribution in [0.4, 0.5) is 0 Å². The van der Waals surface area contributed by atoms with Gasteiger partial charge in [-0.3, -0.25) is 0 Å². The molecule has 0 amide bonds. The Bertz CT molecular complexity index is 568. The molecule has 3 rings (SSSR count). The van der Waals surface area contributed by atoms with Crippen LogP contribution in [0.15, 0.2) is 28.2 Å². The molecule has 2 aliphatic rings. The molecule has 5 nitrogen and oxygen atoms in total. The standard InChI is InChI=1S/C16H21N3O2/c1-3-4-6-12-10-21-16(18-12)14-8-5-7-13(19-14)15-17-11(2)9-20-15/h5,7-8,11-12H,3-4,6,9-10H2,1-2H3/t11-,12-/m0/s1. The lowest BCUT2D eigenvalue weighted by Gasteiger charge is -2.04. The third kappa shape index (κ3) is 3.23. The van der Waals surface area contributed by atoms with Crippen molar-refractivity contribution in [2.45, 2.75) is 45.2 Å². The van der Waals surface area contributed by atoms with Crippen molar-refractivity contribution in [2.75, 3.05) is 13.2 Å². The van der Waals surface area contributed by atoms with E-state index in [2.05, 4.69) is 21.9 Å². The average Bonchev–Trinajstić information content (AvgIpc) is 3.14. The molecular weight excluding hydrogens is 266 g/mol. The van der Waals surface area contributed by atoms with Gasteiger partial charge in [-0.05, 0) is 25.5 Å². The molecule has 0 fully saturated rings. The topological polar surface area (TPSA) is 56.1 Å². The maximum absolute atomic E-state index is 5.69. The van der Waals surface area contributed by atoms with Gasteiger partial charge in [0.2, 0.25) is 11.8 Å². The molecule has 0 radical (unpaired) electrons. The summed E-state index contributed by atoms with van der Waals surface area (Å²) in [5, 5.41) is 0. The van der Waals surface area contributed by atoms with E-state index in [0.29, 0.717) is 25.0 Å². The second kappa shape index (κ2) is 6.24. The molecule has 1 aromatic rings. The summed E-state index contributed by atoms with van der Waals surface area (Å²) >= 11 is 0. The molecule has 0 aromatic carbocycles. The zero-order valence-corrected chi connectivity index (χ0v) is 12.6. The predicted octanol–water partition coefficient (Wildman–Crippen LogP) is 2.58.